The van der Waals surface area contributed by atoms with Crippen LogP contribution in [-0.4, -0.2) is 30.1 Å². The maximum absolute atomic E-state index is 13.4. The molecule has 0 spiro atoms. The lowest BCUT2D eigenvalue weighted by atomic mass is 9.84. The molecule has 0 aliphatic carbocycles. The number of hydrogen-bond acceptors (Lipinski definition) is 3. The molecule has 0 heterocycles. The van der Waals surface area contributed by atoms with E-state index in [1.165, 1.54) is 18.2 Å². The summed E-state index contributed by atoms with van der Waals surface area (Å²) >= 11 is 0. The van der Waals surface area contributed by atoms with E-state index in [4.69, 9.17) is 9.84 Å². The van der Waals surface area contributed by atoms with Crippen LogP contribution in [0.15, 0.2) is 48.5 Å². The lowest BCUT2D eigenvalue weighted by Crippen LogP contribution is -2.36. The van der Waals surface area contributed by atoms with Crippen molar-refractivity contribution < 1.29 is 23.8 Å². The van der Waals surface area contributed by atoms with Crippen LogP contribution in [0.3, 0.4) is 0 Å². The first-order valence-corrected chi connectivity index (χ1v) is 7.77. The molecule has 0 atom stereocenters. The molecule has 0 aromatic heterocycles. The number of carboxylic acids is 1. The van der Waals surface area contributed by atoms with Crippen LogP contribution < -0.4 is 10.1 Å². The second kappa shape index (κ2) is 7.79. The van der Waals surface area contributed by atoms with E-state index in [9.17, 15) is 14.0 Å². The Hall–Kier alpha value is -2.89. The Bertz CT molecular complexity index is 774. The molecule has 6 heteroatoms. The third-order valence-electron chi connectivity index (χ3n) is 3.76. The van der Waals surface area contributed by atoms with Gasteiger partial charge in [0.25, 0.3) is 5.91 Å². The van der Waals surface area contributed by atoms with Crippen molar-refractivity contribution in [2.75, 3.05) is 13.2 Å². The van der Waals surface area contributed by atoms with Crippen molar-refractivity contribution in [2.24, 2.45) is 0 Å². The monoisotopic (exact) mass is 345 g/mol. The van der Waals surface area contributed by atoms with Crippen LogP contribution in [0.4, 0.5) is 4.39 Å². The van der Waals surface area contributed by atoms with E-state index in [0.29, 0.717) is 17.9 Å². The smallest absolute Gasteiger partial charge is 0.341 e. The summed E-state index contributed by atoms with van der Waals surface area (Å²) in [6, 6.07) is 12.6. The standard InChI is InChI=1S/C19H20FNO4/c1-19(2,14-6-4-7-15(20)10-14)12-21-18(24)13-5-3-8-16(9-13)25-11-17(22)23/h3-10H,11-12H2,1-2H3,(H,21,24)(H,22,23). The molecule has 0 aliphatic rings. The van der Waals surface area contributed by atoms with Crippen molar-refractivity contribution in [3.05, 3.63) is 65.5 Å². The normalized spacial score (nSPS) is 11.0. The zero-order valence-electron chi connectivity index (χ0n) is 14.1. The van der Waals surface area contributed by atoms with Gasteiger partial charge in [-0.2, -0.15) is 0 Å². The van der Waals surface area contributed by atoms with Crippen molar-refractivity contribution in [1.82, 2.24) is 5.32 Å². The van der Waals surface area contributed by atoms with E-state index in [1.807, 2.05) is 19.9 Å². The van der Waals surface area contributed by atoms with Gasteiger partial charge in [0.2, 0.25) is 0 Å². The van der Waals surface area contributed by atoms with E-state index in [2.05, 4.69) is 5.32 Å². The molecular formula is C19H20FNO4. The van der Waals surface area contributed by atoms with Crippen molar-refractivity contribution in [3.8, 4) is 5.75 Å². The van der Waals surface area contributed by atoms with Gasteiger partial charge in [0.15, 0.2) is 6.61 Å². The van der Waals surface area contributed by atoms with Gasteiger partial charge in [-0.3, -0.25) is 4.79 Å². The minimum Gasteiger partial charge on any atom is -0.482 e. The average molecular weight is 345 g/mol. The van der Waals surface area contributed by atoms with Gasteiger partial charge in [-0.05, 0) is 35.9 Å². The molecule has 2 aromatic rings. The molecule has 0 saturated heterocycles. The summed E-state index contributed by atoms with van der Waals surface area (Å²) in [5.74, 6) is -1.42. The fourth-order valence-electron chi connectivity index (χ4n) is 2.29. The van der Waals surface area contributed by atoms with Crippen molar-refractivity contribution >= 4 is 11.9 Å². The van der Waals surface area contributed by atoms with Gasteiger partial charge in [-0.15, -0.1) is 0 Å². The summed E-state index contributed by atoms with van der Waals surface area (Å²) in [7, 11) is 0. The SMILES string of the molecule is CC(C)(CNC(=O)c1cccc(OCC(=O)O)c1)c1cccc(F)c1. The predicted octanol–water partition coefficient (Wildman–Crippen LogP) is 3.00. The van der Waals surface area contributed by atoms with E-state index in [-0.39, 0.29) is 11.7 Å². The number of hydrogen-bond donors (Lipinski definition) is 2. The minimum atomic E-state index is -1.09. The molecule has 0 fully saturated rings. The lowest BCUT2D eigenvalue weighted by molar-refractivity contribution is -0.139. The van der Waals surface area contributed by atoms with E-state index in [1.54, 1.807) is 24.3 Å². The summed E-state index contributed by atoms with van der Waals surface area (Å²) in [5, 5.41) is 11.4. The highest BCUT2D eigenvalue weighted by Crippen LogP contribution is 2.23. The number of ether oxygens (including phenoxy) is 1. The van der Waals surface area contributed by atoms with Crippen LogP contribution in [0.25, 0.3) is 0 Å². The predicted molar refractivity (Wildman–Crippen MR) is 91.3 cm³/mol. The van der Waals surface area contributed by atoms with E-state index in [0.717, 1.165) is 5.56 Å². The molecule has 0 saturated carbocycles. The molecule has 132 valence electrons. The van der Waals surface area contributed by atoms with Gasteiger partial charge in [0.1, 0.15) is 11.6 Å². The number of amides is 1. The van der Waals surface area contributed by atoms with Crippen LogP contribution in [0, 0.1) is 5.82 Å². The van der Waals surface area contributed by atoms with Crippen LogP contribution >= 0.6 is 0 Å². The van der Waals surface area contributed by atoms with Crippen molar-refractivity contribution in [2.45, 2.75) is 19.3 Å². The highest BCUT2D eigenvalue weighted by Gasteiger charge is 2.22. The second-order valence-electron chi connectivity index (χ2n) is 6.29. The summed E-state index contributed by atoms with van der Waals surface area (Å²) in [6.07, 6.45) is 0. The largest absolute Gasteiger partial charge is 0.482 e. The first kappa shape index (κ1) is 18.4. The number of carbonyl (C=O) groups is 2. The van der Waals surface area contributed by atoms with Crippen LogP contribution in [0.2, 0.25) is 0 Å². The van der Waals surface area contributed by atoms with E-state index < -0.39 is 18.0 Å². The molecule has 2 rings (SSSR count). The quantitative estimate of drug-likeness (QED) is 0.809. The second-order valence-corrected chi connectivity index (χ2v) is 6.29. The molecule has 2 N–H and O–H groups in total. The van der Waals surface area contributed by atoms with Crippen molar-refractivity contribution in [1.29, 1.82) is 0 Å². The number of halogens is 1. The zero-order chi connectivity index (χ0) is 18.4. The first-order valence-electron chi connectivity index (χ1n) is 7.77. The summed E-state index contributed by atoms with van der Waals surface area (Å²) < 4.78 is 18.5. The molecule has 25 heavy (non-hydrogen) atoms. The Balaban J connectivity index is 2.02. The third kappa shape index (κ3) is 5.31. The first-order chi connectivity index (χ1) is 11.8. The van der Waals surface area contributed by atoms with Gasteiger partial charge in [0.05, 0.1) is 0 Å². The molecule has 0 bridgehead atoms. The number of benzene rings is 2. The highest BCUT2D eigenvalue weighted by molar-refractivity contribution is 5.94. The molecule has 0 unspecified atom stereocenters. The lowest BCUT2D eigenvalue weighted by Gasteiger charge is -2.25. The average Bonchev–Trinajstić information content (AvgIpc) is 2.58. The molecule has 0 radical (unpaired) electrons. The molecule has 0 aliphatic heterocycles. The van der Waals surface area contributed by atoms with Gasteiger partial charge in [0, 0.05) is 17.5 Å². The number of aliphatic carboxylic acids is 1. The van der Waals surface area contributed by atoms with E-state index >= 15 is 0 Å². The Morgan fingerprint density at radius 2 is 1.88 bits per heavy atom. The molecular weight excluding hydrogens is 325 g/mol. The van der Waals surface area contributed by atoms with Crippen LogP contribution in [-0.2, 0) is 10.2 Å². The van der Waals surface area contributed by atoms with Gasteiger partial charge in [-0.25, -0.2) is 9.18 Å². The fourth-order valence-corrected chi connectivity index (χ4v) is 2.29. The zero-order valence-corrected chi connectivity index (χ0v) is 14.1. The highest BCUT2D eigenvalue weighted by atomic mass is 19.1. The number of rotatable bonds is 7. The number of carbonyl (C=O) groups excluding carboxylic acids is 1. The minimum absolute atomic E-state index is 0.305. The Morgan fingerprint density at radius 1 is 1.16 bits per heavy atom. The van der Waals surface area contributed by atoms with Crippen LogP contribution in [0.1, 0.15) is 29.8 Å². The Labute approximate surface area is 145 Å². The summed E-state index contributed by atoms with van der Waals surface area (Å²) in [4.78, 5) is 22.9. The molecule has 5 nitrogen and oxygen atoms in total. The fraction of sp³-hybridized carbons (Fsp3) is 0.263. The van der Waals surface area contributed by atoms with Crippen molar-refractivity contribution in [3.63, 3.8) is 0 Å². The third-order valence-corrected chi connectivity index (χ3v) is 3.76. The Kier molecular flexibility index (Phi) is 5.75. The molecule has 2 aromatic carbocycles. The van der Waals surface area contributed by atoms with Gasteiger partial charge >= 0.3 is 5.97 Å². The number of nitrogens with one attached hydrogen (secondary N) is 1. The van der Waals surface area contributed by atoms with Gasteiger partial charge < -0.3 is 15.2 Å². The maximum atomic E-state index is 13.4. The number of carboxylic acid groups (broad SMARTS) is 1. The maximum Gasteiger partial charge on any atom is 0.341 e. The Morgan fingerprint density at radius 3 is 2.56 bits per heavy atom. The van der Waals surface area contributed by atoms with Gasteiger partial charge in [-0.1, -0.05) is 32.0 Å². The summed E-state index contributed by atoms with van der Waals surface area (Å²) in [5.41, 5.74) is 0.694. The molecule has 1 amide bonds. The van der Waals surface area contributed by atoms with Crippen LogP contribution in [0.5, 0.6) is 5.75 Å². The summed E-state index contributed by atoms with van der Waals surface area (Å²) in [6.45, 7) is 3.66. The topological polar surface area (TPSA) is 75.6 Å².